The van der Waals surface area contributed by atoms with Gasteiger partial charge in [-0.05, 0) is 49.5 Å². The average Bonchev–Trinajstić information content (AvgIpc) is 2.93. The van der Waals surface area contributed by atoms with E-state index in [1.165, 1.54) is 24.0 Å². The number of hydrogen-bond acceptors (Lipinski definition) is 2. The fraction of sp³-hybridized carbons (Fsp3) is 0.400. The van der Waals surface area contributed by atoms with Crippen molar-refractivity contribution >= 4 is 5.71 Å². The van der Waals surface area contributed by atoms with E-state index in [1.54, 1.807) is 0 Å². The van der Waals surface area contributed by atoms with Crippen molar-refractivity contribution in [3.63, 3.8) is 0 Å². The molecule has 1 aliphatic heterocycles. The van der Waals surface area contributed by atoms with Crippen LogP contribution in [0.25, 0.3) is 0 Å². The molecule has 1 fully saturated rings. The van der Waals surface area contributed by atoms with Gasteiger partial charge in [0.1, 0.15) is 0 Å². The first kappa shape index (κ1) is 11.3. The second-order valence-corrected chi connectivity index (χ2v) is 4.97. The maximum atomic E-state index is 4.77. The highest BCUT2D eigenvalue weighted by Gasteiger charge is 2.23. The average molecular weight is 241 g/mol. The Labute approximate surface area is 108 Å². The number of H-pyrrole nitrogens is 1. The van der Waals surface area contributed by atoms with Crippen molar-refractivity contribution in [2.45, 2.75) is 39.2 Å². The van der Waals surface area contributed by atoms with Crippen LogP contribution in [0.3, 0.4) is 0 Å². The summed E-state index contributed by atoms with van der Waals surface area (Å²) in [6.45, 7) is 4.35. The predicted octanol–water partition coefficient (Wildman–Crippen LogP) is 3.14. The topological polar surface area (TPSA) is 40.2 Å². The van der Waals surface area contributed by atoms with Crippen LogP contribution in [0.15, 0.2) is 46.4 Å². The summed E-state index contributed by atoms with van der Waals surface area (Å²) in [4.78, 5) is 8.02. The second kappa shape index (κ2) is 4.48. The van der Waals surface area contributed by atoms with Crippen molar-refractivity contribution in [2.75, 3.05) is 0 Å². The van der Waals surface area contributed by atoms with Gasteiger partial charge in [0.05, 0.1) is 17.1 Å². The Hall–Kier alpha value is -1.77. The van der Waals surface area contributed by atoms with E-state index in [-0.39, 0.29) is 0 Å². The maximum Gasteiger partial charge on any atom is 0.0907 e. The lowest BCUT2D eigenvalue weighted by Crippen LogP contribution is -2.07. The Morgan fingerprint density at radius 3 is 2.94 bits per heavy atom. The molecule has 0 atom stereocenters. The van der Waals surface area contributed by atoms with E-state index < -0.39 is 0 Å². The van der Waals surface area contributed by atoms with Gasteiger partial charge in [-0.15, -0.1) is 0 Å². The lowest BCUT2D eigenvalue weighted by molar-refractivity contribution is 0.853. The highest BCUT2D eigenvalue weighted by molar-refractivity contribution is 6.14. The first-order chi connectivity index (χ1) is 8.79. The SMILES string of the molecule is CCC1=C(C)/C(=C/NC2CC2)N=C1c1ccc[nH]1. The van der Waals surface area contributed by atoms with Gasteiger partial charge in [0.2, 0.25) is 0 Å². The van der Waals surface area contributed by atoms with Gasteiger partial charge in [-0.1, -0.05) is 6.92 Å². The van der Waals surface area contributed by atoms with E-state index in [0.29, 0.717) is 6.04 Å². The molecule has 0 saturated heterocycles. The van der Waals surface area contributed by atoms with Crippen molar-refractivity contribution in [1.82, 2.24) is 10.3 Å². The maximum absolute atomic E-state index is 4.77. The molecule has 2 aliphatic rings. The summed E-state index contributed by atoms with van der Waals surface area (Å²) in [5, 5.41) is 3.43. The molecular weight excluding hydrogens is 222 g/mol. The monoisotopic (exact) mass is 241 g/mol. The van der Waals surface area contributed by atoms with Crippen LogP contribution in [0.5, 0.6) is 0 Å². The molecular formula is C15H19N3. The van der Waals surface area contributed by atoms with Gasteiger partial charge in [0.25, 0.3) is 0 Å². The normalized spacial score (nSPS) is 21.7. The molecule has 1 aliphatic carbocycles. The van der Waals surface area contributed by atoms with Crippen LogP contribution in [0.4, 0.5) is 0 Å². The van der Waals surface area contributed by atoms with Gasteiger partial charge in [-0.2, -0.15) is 0 Å². The summed E-state index contributed by atoms with van der Waals surface area (Å²) in [6, 6.07) is 4.78. The minimum atomic E-state index is 0.681. The van der Waals surface area contributed by atoms with Gasteiger partial charge in [-0.3, -0.25) is 0 Å². The van der Waals surface area contributed by atoms with Crippen LogP contribution in [-0.2, 0) is 0 Å². The summed E-state index contributed by atoms with van der Waals surface area (Å²) < 4.78 is 0. The molecule has 0 bridgehead atoms. The molecule has 0 amide bonds. The lowest BCUT2D eigenvalue weighted by Gasteiger charge is -2.02. The quantitative estimate of drug-likeness (QED) is 0.835. The molecule has 0 unspecified atom stereocenters. The molecule has 0 aromatic carbocycles. The molecule has 0 radical (unpaired) electrons. The van der Waals surface area contributed by atoms with Crippen molar-refractivity contribution in [1.29, 1.82) is 0 Å². The van der Waals surface area contributed by atoms with Crippen molar-refractivity contribution in [3.8, 4) is 0 Å². The van der Waals surface area contributed by atoms with Crippen LogP contribution in [0.2, 0.25) is 0 Å². The zero-order valence-electron chi connectivity index (χ0n) is 11.0. The molecule has 1 aromatic rings. The van der Waals surface area contributed by atoms with Gasteiger partial charge in [0, 0.05) is 18.4 Å². The smallest absolute Gasteiger partial charge is 0.0907 e. The Morgan fingerprint density at radius 1 is 1.50 bits per heavy atom. The van der Waals surface area contributed by atoms with Gasteiger partial charge >= 0.3 is 0 Å². The number of nitrogens with zero attached hydrogens (tertiary/aromatic N) is 1. The molecule has 3 nitrogen and oxygen atoms in total. The molecule has 18 heavy (non-hydrogen) atoms. The van der Waals surface area contributed by atoms with Crippen LogP contribution in [0.1, 0.15) is 38.8 Å². The fourth-order valence-electron chi connectivity index (χ4n) is 2.32. The van der Waals surface area contributed by atoms with Crippen LogP contribution in [-0.4, -0.2) is 16.7 Å². The fourth-order valence-corrected chi connectivity index (χ4v) is 2.32. The Kier molecular flexibility index (Phi) is 2.82. The Bertz CT molecular complexity index is 528. The second-order valence-electron chi connectivity index (χ2n) is 4.97. The molecule has 3 heteroatoms. The third-order valence-corrected chi connectivity index (χ3v) is 3.59. The predicted molar refractivity (Wildman–Crippen MR) is 74.6 cm³/mol. The van der Waals surface area contributed by atoms with Gasteiger partial charge in [-0.25, -0.2) is 4.99 Å². The number of hydrogen-bond donors (Lipinski definition) is 2. The number of aromatic nitrogens is 1. The summed E-state index contributed by atoms with van der Waals surface area (Å²) in [6.07, 6.45) is 7.63. The van der Waals surface area contributed by atoms with Gasteiger partial charge in [0.15, 0.2) is 0 Å². The van der Waals surface area contributed by atoms with Crippen molar-refractivity contribution in [2.24, 2.45) is 4.99 Å². The molecule has 0 spiro atoms. The summed E-state index contributed by atoms with van der Waals surface area (Å²) in [7, 11) is 0. The standard InChI is InChI=1S/C15H19N3/c1-3-12-10(2)14(9-17-11-6-7-11)18-15(12)13-5-4-8-16-13/h4-5,8-9,11,16-17H,3,6-7H2,1-2H3/b14-9-. The third-order valence-electron chi connectivity index (χ3n) is 3.59. The minimum absolute atomic E-state index is 0.681. The molecule has 3 rings (SSSR count). The largest absolute Gasteiger partial charge is 0.386 e. The highest BCUT2D eigenvalue weighted by Crippen LogP contribution is 2.29. The van der Waals surface area contributed by atoms with Gasteiger partial charge < -0.3 is 10.3 Å². The lowest BCUT2D eigenvalue weighted by atomic mass is 10.0. The number of allylic oxidation sites excluding steroid dienone is 2. The van der Waals surface area contributed by atoms with E-state index in [2.05, 4.69) is 36.4 Å². The minimum Gasteiger partial charge on any atom is -0.386 e. The highest BCUT2D eigenvalue weighted by atomic mass is 15.0. The van der Waals surface area contributed by atoms with Crippen molar-refractivity contribution in [3.05, 3.63) is 47.1 Å². The number of aliphatic imine (C=N–C) groups is 1. The summed E-state index contributed by atoms with van der Waals surface area (Å²) >= 11 is 0. The zero-order valence-corrected chi connectivity index (χ0v) is 11.0. The first-order valence-corrected chi connectivity index (χ1v) is 6.68. The van der Waals surface area contributed by atoms with E-state index in [4.69, 9.17) is 4.99 Å². The molecule has 1 aromatic heterocycles. The third kappa shape index (κ3) is 2.01. The molecule has 2 heterocycles. The van der Waals surface area contributed by atoms with E-state index in [0.717, 1.165) is 23.5 Å². The van der Waals surface area contributed by atoms with Crippen LogP contribution in [0, 0.1) is 0 Å². The van der Waals surface area contributed by atoms with Crippen LogP contribution < -0.4 is 5.32 Å². The first-order valence-electron chi connectivity index (χ1n) is 6.68. The Morgan fingerprint density at radius 2 is 2.33 bits per heavy atom. The summed E-state index contributed by atoms with van der Waals surface area (Å²) in [5.41, 5.74) is 5.95. The number of aromatic amines is 1. The molecule has 2 N–H and O–H groups in total. The number of rotatable bonds is 4. The molecule has 94 valence electrons. The Balaban J connectivity index is 1.92. The molecule has 1 saturated carbocycles. The van der Waals surface area contributed by atoms with Crippen molar-refractivity contribution < 1.29 is 0 Å². The summed E-state index contributed by atoms with van der Waals surface area (Å²) in [5.74, 6) is 0. The van der Waals surface area contributed by atoms with E-state index in [1.807, 2.05) is 12.3 Å². The number of nitrogens with one attached hydrogen (secondary N) is 2. The van der Waals surface area contributed by atoms with E-state index in [9.17, 15) is 0 Å². The van der Waals surface area contributed by atoms with E-state index >= 15 is 0 Å². The zero-order chi connectivity index (χ0) is 12.5. The van der Waals surface area contributed by atoms with Crippen LogP contribution >= 0.6 is 0 Å².